The molecule has 5 heterocycles. The second-order valence-electron chi connectivity index (χ2n) is 8.05. The highest BCUT2D eigenvalue weighted by molar-refractivity contribution is 7.15. The van der Waals surface area contributed by atoms with Crippen LogP contribution in [0.3, 0.4) is 0 Å². The third-order valence-corrected chi connectivity index (χ3v) is 7.10. The summed E-state index contributed by atoms with van der Waals surface area (Å²) >= 11 is 1.68. The Morgan fingerprint density at radius 1 is 1.12 bits per heavy atom. The average molecular weight is 440 g/mol. The van der Waals surface area contributed by atoms with E-state index in [1.165, 1.54) is 15.8 Å². The summed E-state index contributed by atoms with van der Waals surface area (Å²) in [6, 6.07) is 19.8. The lowest BCUT2D eigenvalue weighted by molar-refractivity contribution is 0.0682. The molecule has 0 radical (unpaired) electrons. The summed E-state index contributed by atoms with van der Waals surface area (Å²) in [7, 11) is 0. The topological polar surface area (TPSA) is 77.7 Å². The first-order valence-electron chi connectivity index (χ1n) is 10.6. The van der Waals surface area contributed by atoms with Crippen molar-refractivity contribution in [2.45, 2.75) is 19.4 Å². The van der Waals surface area contributed by atoms with Gasteiger partial charge in [0.1, 0.15) is 6.04 Å². The van der Waals surface area contributed by atoms with Crippen molar-refractivity contribution in [2.75, 3.05) is 6.54 Å². The van der Waals surface area contributed by atoms with Crippen LogP contribution in [0.15, 0.2) is 66.9 Å². The normalized spacial score (nSPS) is 15.8. The Morgan fingerprint density at radius 3 is 2.81 bits per heavy atom. The van der Waals surface area contributed by atoms with Crippen LogP contribution in [0.1, 0.15) is 38.4 Å². The molecule has 0 unspecified atom stereocenters. The SMILES string of the molecule is Cc1ccc(-c2cc(C(=O)N3CCc4c([nH]c5ccccc45)[C@@H]3c3ccccn3)n[nH]2)s1. The minimum Gasteiger partial charge on any atom is -0.356 e. The molecule has 158 valence electrons. The fourth-order valence-electron chi connectivity index (χ4n) is 4.59. The van der Waals surface area contributed by atoms with Crippen molar-refractivity contribution < 1.29 is 4.79 Å². The lowest BCUT2D eigenvalue weighted by Gasteiger charge is -2.35. The molecule has 0 saturated heterocycles. The molecule has 1 amide bonds. The van der Waals surface area contributed by atoms with Crippen molar-refractivity contribution in [1.29, 1.82) is 0 Å². The number of nitrogens with one attached hydrogen (secondary N) is 2. The number of H-pyrrole nitrogens is 2. The Balaban J connectivity index is 1.43. The highest BCUT2D eigenvalue weighted by Gasteiger charge is 2.36. The molecule has 7 heteroatoms. The first-order chi connectivity index (χ1) is 15.7. The highest BCUT2D eigenvalue weighted by atomic mass is 32.1. The van der Waals surface area contributed by atoms with Crippen molar-refractivity contribution in [1.82, 2.24) is 25.1 Å². The van der Waals surface area contributed by atoms with Gasteiger partial charge in [0.15, 0.2) is 5.69 Å². The lowest BCUT2D eigenvalue weighted by atomic mass is 9.94. The summed E-state index contributed by atoms with van der Waals surface area (Å²) in [5.41, 5.74) is 5.52. The number of carbonyl (C=O) groups excluding carboxylic acids is 1. The van der Waals surface area contributed by atoms with E-state index in [9.17, 15) is 4.79 Å². The number of aromatic amines is 2. The second-order valence-corrected chi connectivity index (χ2v) is 9.33. The molecule has 4 aromatic heterocycles. The van der Waals surface area contributed by atoms with Crippen LogP contribution in [0.25, 0.3) is 21.5 Å². The van der Waals surface area contributed by atoms with Crippen LogP contribution in [-0.2, 0) is 6.42 Å². The number of benzene rings is 1. The Hall–Kier alpha value is -3.71. The van der Waals surface area contributed by atoms with Crippen molar-refractivity contribution in [3.63, 3.8) is 0 Å². The molecule has 0 aliphatic carbocycles. The maximum atomic E-state index is 13.7. The van der Waals surface area contributed by atoms with E-state index >= 15 is 0 Å². The number of rotatable bonds is 3. The Kier molecular flexibility index (Phi) is 4.43. The fourth-order valence-corrected chi connectivity index (χ4v) is 5.42. The molecule has 1 aliphatic rings. The van der Waals surface area contributed by atoms with Gasteiger partial charge in [0.2, 0.25) is 0 Å². The van der Waals surface area contributed by atoms with Gasteiger partial charge in [0.25, 0.3) is 5.91 Å². The third kappa shape index (κ3) is 3.05. The highest BCUT2D eigenvalue weighted by Crippen LogP contribution is 2.38. The largest absolute Gasteiger partial charge is 0.356 e. The number of pyridine rings is 1. The third-order valence-electron chi connectivity index (χ3n) is 6.07. The molecule has 1 aromatic carbocycles. The zero-order valence-corrected chi connectivity index (χ0v) is 18.3. The second kappa shape index (κ2) is 7.46. The van der Waals surface area contributed by atoms with Gasteiger partial charge in [-0.15, -0.1) is 11.3 Å². The van der Waals surface area contributed by atoms with Gasteiger partial charge in [-0.25, -0.2) is 0 Å². The van der Waals surface area contributed by atoms with E-state index in [0.29, 0.717) is 12.2 Å². The molecule has 1 aliphatic heterocycles. The first-order valence-corrected chi connectivity index (χ1v) is 11.4. The Bertz CT molecular complexity index is 1430. The molecular weight excluding hydrogens is 418 g/mol. The van der Waals surface area contributed by atoms with Gasteiger partial charge in [-0.3, -0.25) is 14.9 Å². The molecule has 1 atom stereocenters. The maximum absolute atomic E-state index is 13.7. The summed E-state index contributed by atoms with van der Waals surface area (Å²) in [4.78, 5) is 26.0. The molecule has 2 N–H and O–H groups in total. The average Bonchev–Trinajstić information content (AvgIpc) is 3.56. The van der Waals surface area contributed by atoms with Crippen LogP contribution in [0.2, 0.25) is 0 Å². The number of para-hydroxylation sites is 1. The summed E-state index contributed by atoms with van der Waals surface area (Å²) < 4.78 is 0. The van der Waals surface area contributed by atoms with E-state index in [1.54, 1.807) is 17.5 Å². The zero-order valence-electron chi connectivity index (χ0n) is 17.5. The molecular formula is C25H21N5OS. The van der Waals surface area contributed by atoms with E-state index in [2.05, 4.69) is 57.4 Å². The Morgan fingerprint density at radius 2 is 2.00 bits per heavy atom. The summed E-state index contributed by atoms with van der Waals surface area (Å²) in [5, 5.41) is 8.62. The van der Waals surface area contributed by atoms with Gasteiger partial charge in [-0.2, -0.15) is 5.10 Å². The van der Waals surface area contributed by atoms with Gasteiger partial charge in [-0.05, 0) is 55.3 Å². The van der Waals surface area contributed by atoms with E-state index < -0.39 is 0 Å². The van der Waals surface area contributed by atoms with Crippen LogP contribution in [0.5, 0.6) is 0 Å². The van der Waals surface area contributed by atoms with Crippen LogP contribution in [0, 0.1) is 6.92 Å². The number of hydrogen-bond acceptors (Lipinski definition) is 4. The molecule has 0 spiro atoms. The van der Waals surface area contributed by atoms with Gasteiger partial charge < -0.3 is 9.88 Å². The number of fused-ring (bicyclic) bond motifs is 3. The van der Waals surface area contributed by atoms with Gasteiger partial charge in [0.05, 0.1) is 16.3 Å². The van der Waals surface area contributed by atoms with Crippen molar-refractivity contribution >= 4 is 28.1 Å². The number of hydrogen-bond donors (Lipinski definition) is 2. The zero-order chi connectivity index (χ0) is 21.7. The number of carbonyl (C=O) groups is 1. The number of nitrogens with zero attached hydrogens (tertiary/aromatic N) is 3. The molecule has 0 bridgehead atoms. The van der Waals surface area contributed by atoms with Crippen LogP contribution in [-0.4, -0.2) is 37.5 Å². The smallest absolute Gasteiger partial charge is 0.275 e. The number of aryl methyl sites for hydroxylation is 1. The number of thiophene rings is 1. The van der Waals surface area contributed by atoms with E-state index in [1.807, 2.05) is 35.2 Å². The summed E-state index contributed by atoms with van der Waals surface area (Å²) in [6.07, 6.45) is 2.57. The van der Waals surface area contributed by atoms with Crippen LogP contribution >= 0.6 is 11.3 Å². The molecule has 5 aromatic rings. The first kappa shape index (κ1) is 19.0. The quantitative estimate of drug-likeness (QED) is 0.410. The molecule has 6 rings (SSSR count). The fraction of sp³-hybridized carbons (Fsp3) is 0.160. The monoisotopic (exact) mass is 439 g/mol. The summed E-state index contributed by atoms with van der Waals surface area (Å²) in [5.74, 6) is -0.0965. The van der Waals surface area contributed by atoms with Gasteiger partial charge >= 0.3 is 0 Å². The molecule has 0 fully saturated rings. The molecule has 6 nitrogen and oxygen atoms in total. The van der Waals surface area contributed by atoms with Crippen LogP contribution in [0.4, 0.5) is 0 Å². The number of aromatic nitrogens is 4. The predicted molar refractivity (Wildman–Crippen MR) is 126 cm³/mol. The van der Waals surface area contributed by atoms with E-state index in [4.69, 9.17) is 0 Å². The van der Waals surface area contributed by atoms with Crippen molar-refractivity contribution in [3.05, 3.63) is 94.4 Å². The Labute approximate surface area is 188 Å². The molecule has 0 saturated carbocycles. The van der Waals surface area contributed by atoms with Gasteiger partial charge in [0, 0.05) is 34.2 Å². The van der Waals surface area contributed by atoms with E-state index in [-0.39, 0.29) is 11.9 Å². The van der Waals surface area contributed by atoms with E-state index in [0.717, 1.165) is 33.9 Å². The minimum absolute atomic E-state index is 0.0965. The van der Waals surface area contributed by atoms with Crippen LogP contribution < -0.4 is 0 Å². The predicted octanol–water partition coefficient (Wildman–Crippen LogP) is 5.11. The van der Waals surface area contributed by atoms with Crippen molar-refractivity contribution in [2.24, 2.45) is 0 Å². The standard InChI is InChI=1S/C25H21N5OS/c1-15-9-10-22(32-15)20-14-21(29-28-20)25(31)30-13-11-17-16-6-2-3-7-18(16)27-23(17)24(30)19-8-4-5-12-26-19/h2-10,12,14,24,27H,11,13H2,1H3,(H,28,29)/t24-/m0/s1. The minimum atomic E-state index is -0.288. The number of amides is 1. The molecule has 32 heavy (non-hydrogen) atoms. The maximum Gasteiger partial charge on any atom is 0.275 e. The van der Waals surface area contributed by atoms with Gasteiger partial charge in [-0.1, -0.05) is 24.3 Å². The summed E-state index contributed by atoms with van der Waals surface area (Å²) in [6.45, 7) is 2.68. The lowest BCUT2D eigenvalue weighted by Crippen LogP contribution is -2.41. The van der Waals surface area contributed by atoms with Crippen molar-refractivity contribution in [3.8, 4) is 10.6 Å².